The minimum absolute atomic E-state index is 0.0763. The van der Waals surface area contributed by atoms with E-state index in [4.69, 9.17) is 0 Å². The molecule has 0 aromatic heterocycles. The van der Waals surface area contributed by atoms with Gasteiger partial charge in [0.2, 0.25) is 0 Å². The summed E-state index contributed by atoms with van der Waals surface area (Å²) in [6.07, 6.45) is 4.85. The van der Waals surface area contributed by atoms with Crippen molar-refractivity contribution < 1.29 is 0 Å². The Labute approximate surface area is 73.3 Å². The Morgan fingerprint density at radius 2 is 1.82 bits per heavy atom. The van der Waals surface area contributed by atoms with Crippen molar-refractivity contribution in [1.29, 1.82) is 0 Å². The first-order valence-electron chi connectivity index (χ1n) is 4.72. The Hall–Kier alpha value is -0.0831. The van der Waals surface area contributed by atoms with Gasteiger partial charge in [0.15, 0.2) is 0 Å². The second kappa shape index (κ2) is 8.02. The third-order valence-electron chi connectivity index (χ3n) is 1.91. The second-order valence-corrected chi connectivity index (χ2v) is 4.19. The lowest BCUT2D eigenvalue weighted by Crippen LogP contribution is -2.27. The summed E-state index contributed by atoms with van der Waals surface area (Å²) in [6.45, 7) is 9.10. The largest absolute Gasteiger partial charge is 0.307 e. The fourth-order valence-electron chi connectivity index (χ4n) is 1.08. The van der Waals surface area contributed by atoms with Crippen LogP contribution in [0.1, 0.15) is 27.2 Å². The number of hydrogen-bond acceptors (Lipinski definition) is 1. The molecule has 0 unspecified atom stereocenters. The summed E-state index contributed by atoms with van der Waals surface area (Å²) in [5, 5.41) is 0. The Bertz CT molecular complexity index is 97.7. The summed E-state index contributed by atoms with van der Waals surface area (Å²) in [5.41, 5.74) is 2.42. The zero-order valence-corrected chi connectivity index (χ0v) is 9.55. The molecule has 2 heteroatoms. The van der Waals surface area contributed by atoms with E-state index in [0.29, 0.717) is 0 Å². The summed E-state index contributed by atoms with van der Waals surface area (Å²) < 4.78 is 0. The molecular weight excluding hydrogens is 150 g/mol. The molecule has 0 rings (SSSR count). The van der Waals surface area contributed by atoms with E-state index in [1.54, 1.807) is 0 Å². The third kappa shape index (κ3) is 6.32. The van der Waals surface area contributed by atoms with Crippen LogP contribution in [-0.2, 0) is 0 Å². The van der Waals surface area contributed by atoms with Gasteiger partial charge in [0, 0.05) is 0 Å². The molecule has 0 heterocycles. The zero-order chi connectivity index (χ0) is 8.53. The maximum atomic E-state index is 2.51. The van der Waals surface area contributed by atoms with Crippen LogP contribution in [0.25, 0.3) is 0 Å². The van der Waals surface area contributed by atoms with E-state index in [0.717, 1.165) is 0 Å². The molecule has 0 atom stereocenters. The molecular formula is C9H21NSi. The predicted octanol–water partition coefficient (Wildman–Crippen LogP) is 1.38. The molecule has 0 N–H and O–H groups in total. The van der Waals surface area contributed by atoms with Crippen LogP contribution in [0.4, 0.5) is 0 Å². The molecule has 1 nitrogen and oxygen atoms in total. The normalized spacial score (nSPS) is 12.7. The van der Waals surface area contributed by atoms with E-state index in [1.807, 2.05) is 0 Å². The van der Waals surface area contributed by atoms with Gasteiger partial charge in [-0.2, -0.15) is 0 Å². The van der Waals surface area contributed by atoms with Crippen molar-refractivity contribution in [3.63, 3.8) is 0 Å². The smallest absolute Gasteiger partial charge is 0.0608 e. The van der Waals surface area contributed by atoms with Crippen molar-refractivity contribution in [3.8, 4) is 0 Å². The fourth-order valence-corrected chi connectivity index (χ4v) is 2.80. The van der Waals surface area contributed by atoms with Gasteiger partial charge in [0.1, 0.15) is 0 Å². The molecule has 0 saturated carbocycles. The van der Waals surface area contributed by atoms with Gasteiger partial charge in [0.05, 0.1) is 9.52 Å². The topological polar surface area (TPSA) is 3.24 Å². The van der Waals surface area contributed by atoms with Gasteiger partial charge in [0.25, 0.3) is 0 Å². The Morgan fingerprint density at radius 3 is 2.27 bits per heavy atom. The molecule has 0 aromatic rings. The molecule has 0 saturated heterocycles. The highest BCUT2D eigenvalue weighted by Gasteiger charge is 1.94. The van der Waals surface area contributed by atoms with E-state index in [2.05, 4.69) is 37.4 Å². The zero-order valence-electron chi connectivity index (χ0n) is 8.14. The SMILES string of the molecule is CCC=C[SiH2]CN(CC)CC. The number of rotatable bonds is 6. The molecule has 66 valence electrons. The van der Waals surface area contributed by atoms with Gasteiger partial charge in [-0.25, -0.2) is 0 Å². The van der Waals surface area contributed by atoms with Crippen molar-refractivity contribution in [3.05, 3.63) is 11.8 Å². The lowest BCUT2D eigenvalue weighted by Gasteiger charge is -2.15. The van der Waals surface area contributed by atoms with Crippen LogP contribution in [0.5, 0.6) is 0 Å². The minimum atomic E-state index is 0.0763. The summed E-state index contributed by atoms with van der Waals surface area (Å²) in [5.74, 6) is 0. The first-order valence-corrected chi connectivity index (χ1v) is 6.54. The lowest BCUT2D eigenvalue weighted by molar-refractivity contribution is 0.353. The van der Waals surface area contributed by atoms with Gasteiger partial charge in [-0.1, -0.05) is 26.8 Å². The average Bonchev–Trinajstić information content (AvgIpc) is 2.05. The van der Waals surface area contributed by atoms with Crippen molar-refractivity contribution in [2.45, 2.75) is 27.2 Å². The number of allylic oxidation sites excluding steroid dienone is 1. The molecule has 0 amide bonds. The molecule has 0 spiro atoms. The van der Waals surface area contributed by atoms with Gasteiger partial charge < -0.3 is 4.90 Å². The van der Waals surface area contributed by atoms with Crippen molar-refractivity contribution in [1.82, 2.24) is 4.90 Å². The molecule has 11 heavy (non-hydrogen) atoms. The molecule has 0 fully saturated rings. The molecule has 0 radical (unpaired) electrons. The highest BCUT2D eigenvalue weighted by atomic mass is 28.2. The van der Waals surface area contributed by atoms with Crippen LogP contribution in [0.3, 0.4) is 0 Å². The summed E-state index contributed by atoms with van der Waals surface area (Å²) in [4.78, 5) is 2.51. The van der Waals surface area contributed by atoms with Crippen LogP contribution >= 0.6 is 0 Å². The van der Waals surface area contributed by atoms with Crippen LogP contribution in [0.15, 0.2) is 11.8 Å². The average molecular weight is 171 g/mol. The van der Waals surface area contributed by atoms with Crippen LogP contribution < -0.4 is 0 Å². The lowest BCUT2D eigenvalue weighted by atomic mass is 10.5. The first-order chi connectivity index (χ1) is 5.35. The fraction of sp³-hybridized carbons (Fsp3) is 0.778. The molecule has 0 aromatic carbocycles. The van der Waals surface area contributed by atoms with Crippen LogP contribution in [-0.4, -0.2) is 33.7 Å². The molecule has 0 bridgehead atoms. The highest BCUT2D eigenvalue weighted by Crippen LogP contribution is 1.85. The Morgan fingerprint density at radius 1 is 1.18 bits per heavy atom. The minimum Gasteiger partial charge on any atom is -0.307 e. The quantitative estimate of drug-likeness (QED) is 0.546. The number of nitrogens with zero attached hydrogens (tertiary/aromatic N) is 1. The summed E-state index contributed by atoms with van der Waals surface area (Å²) in [6, 6.07) is 0. The first kappa shape index (κ1) is 10.9. The van der Waals surface area contributed by atoms with Crippen molar-refractivity contribution >= 4 is 9.52 Å². The standard InChI is InChI=1S/C9H21NSi/c1-4-7-8-11-9-10(5-2)6-3/h7-8H,4-6,9,11H2,1-3H3. The molecule has 0 aliphatic carbocycles. The van der Waals surface area contributed by atoms with E-state index in [-0.39, 0.29) is 9.52 Å². The van der Waals surface area contributed by atoms with E-state index in [9.17, 15) is 0 Å². The van der Waals surface area contributed by atoms with Gasteiger partial charge in [-0.3, -0.25) is 0 Å². The van der Waals surface area contributed by atoms with Gasteiger partial charge >= 0.3 is 0 Å². The highest BCUT2D eigenvalue weighted by molar-refractivity contribution is 6.42. The monoisotopic (exact) mass is 171 g/mol. The maximum absolute atomic E-state index is 2.51. The van der Waals surface area contributed by atoms with Gasteiger partial charge in [-0.15, -0.1) is 5.70 Å². The van der Waals surface area contributed by atoms with Crippen molar-refractivity contribution in [2.75, 3.05) is 19.3 Å². The van der Waals surface area contributed by atoms with E-state index in [1.165, 1.54) is 25.7 Å². The second-order valence-electron chi connectivity index (χ2n) is 2.70. The maximum Gasteiger partial charge on any atom is 0.0608 e. The van der Waals surface area contributed by atoms with E-state index >= 15 is 0 Å². The van der Waals surface area contributed by atoms with E-state index < -0.39 is 0 Å². The summed E-state index contributed by atoms with van der Waals surface area (Å²) in [7, 11) is 0.0763. The number of hydrogen-bond donors (Lipinski definition) is 0. The summed E-state index contributed by atoms with van der Waals surface area (Å²) >= 11 is 0. The van der Waals surface area contributed by atoms with Crippen LogP contribution in [0, 0.1) is 0 Å². The third-order valence-corrected chi connectivity index (χ3v) is 3.47. The molecule has 0 aliphatic heterocycles. The molecule has 0 aliphatic rings. The Kier molecular flexibility index (Phi) is 7.96. The van der Waals surface area contributed by atoms with Gasteiger partial charge in [-0.05, 0) is 25.7 Å². The Balaban J connectivity index is 3.27. The van der Waals surface area contributed by atoms with Crippen molar-refractivity contribution in [2.24, 2.45) is 0 Å². The van der Waals surface area contributed by atoms with Crippen LogP contribution in [0.2, 0.25) is 0 Å². The predicted molar refractivity (Wildman–Crippen MR) is 55.8 cm³/mol.